The molecule has 0 saturated carbocycles. The van der Waals surface area contributed by atoms with Crippen LogP contribution in [-0.2, 0) is 12.8 Å². The number of nitrogens with two attached hydrogens (primary N) is 1. The maximum absolute atomic E-state index is 14.6. The average molecular weight is 352 g/mol. The Morgan fingerprint density at radius 3 is 3.08 bits per heavy atom. The van der Waals surface area contributed by atoms with E-state index in [1.165, 1.54) is 6.07 Å². The number of benzene rings is 1. The van der Waals surface area contributed by atoms with Gasteiger partial charge in [-0.2, -0.15) is 5.21 Å². The Morgan fingerprint density at radius 1 is 1.31 bits per heavy atom. The van der Waals surface area contributed by atoms with Gasteiger partial charge < -0.3 is 10.5 Å². The number of nitrogen functional groups attached to an aromatic ring is 1. The highest BCUT2D eigenvalue weighted by Crippen LogP contribution is 2.33. The monoisotopic (exact) mass is 352 g/mol. The molecule has 0 fully saturated rings. The third kappa shape index (κ3) is 2.11. The van der Waals surface area contributed by atoms with Crippen molar-refractivity contribution < 1.29 is 9.13 Å². The summed E-state index contributed by atoms with van der Waals surface area (Å²) in [4.78, 5) is 8.66. The fourth-order valence-electron chi connectivity index (χ4n) is 3.36. The van der Waals surface area contributed by atoms with Crippen molar-refractivity contribution in [1.82, 2.24) is 35.0 Å². The summed E-state index contributed by atoms with van der Waals surface area (Å²) >= 11 is 0. The molecule has 1 aromatic carbocycles. The van der Waals surface area contributed by atoms with Gasteiger partial charge in [0, 0.05) is 30.2 Å². The molecule has 0 amide bonds. The van der Waals surface area contributed by atoms with E-state index in [9.17, 15) is 4.39 Å². The van der Waals surface area contributed by atoms with Crippen LogP contribution in [0.5, 0.6) is 5.75 Å². The van der Waals surface area contributed by atoms with Gasteiger partial charge in [-0.05, 0) is 23.4 Å². The van der Waals surface area contributed by atoms with E-state index in [4.69, 9.17) is 10.5 Å². The number of anilines is 1. The molecular formula is C16H13FN8O. The molecule has 3 N–H and O–H groups in total. The lowest BCUT2D eigenvalue weighted by atomic mass is 9.99. The van der Waals surface area contributed by atoms with Crippen molar-refractivity contribution in [2.45, 2.75) is 12.8 Å². The first-order valence-electron chi connectivity index (χ1n) is 8.01. The first kappa shape index (κ1) is 14.8. The molecule has 0 bridgehead atoms. The van der Waals surface area contributed by atoms with E-state index in [1.54, 1.807) is 22.7 Å². The normalized spacial score (nSPS) is 13.1. The number of imidazole rings is 1. The topological polar surface area (TPSA) is 120 Å². The molecule has 26 heavy (non-hydrogen) atoms. The Bertz CT molecular complexity index is 1120. The number of hydrogen-bond donors (Lipinski definition) is 2. The number of tetrazole rings is 1. The van der Waals surface area contributed by atoms with Crippen molar-refractivity contribution in [2.24, 2.45) is 0 Å². The van der Waals surface area contributed by atoms with Gasteiger partial charge in [0.1, 0.15) is 22.9 Å². The summed E-state index contributed by atoms with van der Waals surface area (Å²) in [5.74, 6) is 0.976. The van der Waals surface area contributed by atoms with Crippen LogP contribution in [0.25, 0.3) is 17.2 Å². The van der Waals surface area contributed by atoms with Crippen LogP contribution in [0.1, 0.15) is 16.8 Å². The minimum absolute atomic E-state index is 0.249. The van der Waals surface area contributed by atoms with Crippen molar-refractivity contribution in [3.05, 3.63) is 47.0 Å². The van der Waals surface area contributed by atoms with Crippen LogP contribution in [0, 0.1) is 5.82 Å². The van der Waals surface area contributed by atoms with Crippen LogP contribution in [0.2, 0.25) is 0 Å². The van der Waals surface area contributed by atoms with Crippen LogP contribution in [-0.4, -0.2) is 41.6 Å². The molecular weight excluding hydrogens is 339 g/mol. The maximum atomic E-state index is 14.6. The summed E-state index contributed by atoms with van der Waals surface area (Å²) in [5.41, 5.74) is 9.18. The summed E-state index contributed by atoms with van der Waals surface area (Å²) < 4.78 is 21.9. The zero-order valence-corrected chi connectivity index (χ0v) is 13.5. The third-order valence-corrected chi connectivity index (χ3v) is 4.50. The quantitative estimate of drug-likeness (QED) is 0.567. The van der Waals surface area contributed by atoms with Crippen molar-refractivity contribution in [2.75, 3.05) is 12.3 Å². The van der Waals surface area contributed by atoms with Gasteiger partial charge in [0.25, 0.3) is 0 Å². The molecule has 5 rings (SSSR count). The standard InChI is InChI=1S/C16H13FN8O/c17-10-1-2-12-8(4-6-26-12)9(10)7-11-14(15-21-23-24-22-15)20-13-3-5-19-16(18)25(11)13/h1-3,5H,4,6-7H2,(H2,18,19)(H,21,22,23,24). The molecule has 0 spiro atoms. The molecule has 4 aromatic rings. The van der Waals surface area contributed by atoms with Crippen molar-refractivity contribution >= 4 is 11.6 Å². The third-order valence-electron chi connectivity index (χ3n) is 4.50. The molecule has 1 aliphatic rings. The minimum atomic E-state index is -0.300. The Hall–Kier alpha value is -3.56. The lowest BCUT2D eigenvalue weighted by molar-refractivity contribution is 0.356. The summed E-state index contributed by atoms with van der Waals surface area (Å²) in [6.07, 6.45) is 2.47. The summed E-state index contributed by atoms with van der Waals surface area (Å²) in [6, 6.07) is 4.79. The fraction of sp³-hybridized carbons (Fsp3) is 0.188. The molecule has 0 radical (unpaired) electrons. The Balaban J connectivity index is 1.75. The lowest BCUT2D eigenvalue weighted by Crippen LogP contribution is -2.06. The van der Waals surface area contributed by atoms with E-state index in [0.717, 1.165) is 5.56 Å². The smallest absolute Gasteiger partial charge is 0.224 e. The summed E-state index contributed by atoms with van der Waals surface area (Å²) in [5, 5.41) is 14.0. The largest absolute Gasteiger partial charge is 0.493 e. The van der Waals surface area contributed by atoms with Gasteiger partial charge in [0.2, 0.25) is 11.8 Å². The van der Waals surface area contributed by atoms with E-state index in [2.05, 4.69) is 30.6 Å². The molecule has 9 nitrogen and oxygen atoms in total. The van der Waals surface area contributed by atoms with Crippen LogP contribution < -0.4 is 10.5 Å². The van der Waals surface area contributed by atoms with E-state index < -0.39 is 0 Å². The number of aromatic amines is 1. The number of H-pyrrole nitrogens is 1. The SMILES string of the molecule is Nc1nccc2nc(-c3nn[nH]n3)c(Cc3c(F)ccc4c3CCO4)n12. The van der Waals surface area contributed by atoms with E-state index in [0.29, 0.717) is 47.2 Å². The Labute approximate surface area is 146 Å². The lowest BCUT2D eigenvalue weighted by Gasteiger charge is -2.10. The predicted octanol–water partition coefficient (Wildman–Crippen LogP) is 1.16. The molecule has 1 aliphatic heterocycles. The van der Waals surface area contributed by atoms with Crippen LogP contribution in [0.15, 0.2) is 24.4 Å². The van der Waals surface area contributed by atoms with Crippen LogP contribution >= 0.6 is 0 Å². The molecule has 0 unspecified atom stereocenters. The van der Waals surface area contributed by atoms with Gasteiger partial charge in [0.15, 0.2) is 0 Å². The summed E-state index contributed by atoms with van der Waals surface area (Å²) in [7, 11) is 0. The second kappa shape index (κ2) is 5.48. The Morgan fingerprint density at radius 2 is 2.23 bits per heavy atom. The van der Waals surface area contributed by atoms with E-state index in [-0.39, 0.29) is 18.2 Å². The fourth-order valence-corrected chi connectivity index (χ4v) is 3.36. The summed E-state index contributed by atoms with van der Waals surface area (Å²) in [6.45, 7) is 0.542. The zero-order valence-electron chi connectivity index (χ0n) is 13.5. The van der Waals surface area contributed by atoms with E-state index in [1.807, 2.05) is 0 Å². The first-order valence-corrected chi connectivity index (χ1v) is 8.01. The second-order valence-corrected chi connectivity index (χ2v) is 5.92. The van der Waals surface area contributed by atoms with Gasteiger partial charge in [-0.25, -0.2) is 14.4 Å². The molecule has 0 aliphatic carbocycles. The average Bonchev–Trinajstić information content (AvgIpc) is 3.36. The van der Waals surface area contributed by atoms with Gasteiger partial charge >= 0.3 is 0 Å². The maximum Gasteiger partial charge on any atom is 0.224 e. The number of fused-ring (bicyclic) bond motifs is 2. The number of halogens is 1. The number of aromatic nitrogens is 7. The van der Waals surface area contributed by atoms with Gasteiger partial charge in [0.05, 0.1) is 12.3 Å². The van der Waals surface area contributed by atoms with Crippen molar-refractivity contribution in [1.29, 1.82) is 0 Å². The highest BCUT2D eigenvalue weighted by atomic mass is 19.1. The Kier molecular flexibility index (Phi) is 3.11. The van der Waals surface area contributed by atoms with Crippen LogP contribution in [0.4, 0.5) is 10.3 Å². The first-order chi connectivity index (χ1) is 12.7. The van der Waals surface area contributed by atoms with Gasteiger partial charge in [-0.15, -0.1) is 10.2 Å². The highest BCUT2D eigenvalue weighted by Gasteiger charge is 2.25. The van der Waals surface area contributed by atoms with E-state index >= 15 is 0 Å². The molecule has 3 aromatic heterocycles. The number of hydrogen-bond acceptors (Lipinski definition) is 7. The number of nitrogens with zero attached hydrogens (tertiary/aromatic N) is 6. The molecule has 130 valence electrons. The molecule has 4 heterocycles. The van der Waals surface area contributed by atoms with Crippen molar-refractivity contribution in [3.8, 4) is 17.3 Å². The number of rotatable bonds is 3. The van der Waals surface area contributed by atoms with Crippen molar-refractivity contribution in [3.63, 3.8) is 0 Å². The zero-order chi connectivity index (χ0) is 17.7. The molecule has 10 heteroatoms. The minimum Gasteiger partial charge on any atom is -0.493 e. The second-order valence-electron chi connectivity index (χ2n) is 5.92. The number of ether oxygens (including phenoxy) is 1. The number of nitrogens with one attached hydrogen (secondary N) is 1. The highest BCUT2D eigenvalue weighted by molar-refractivity contribution is 5.63. The van der Waals surface area contributed by atoms with Gasteiger partial charge in [-0.3, -0.25) is 4.40 Å². The predicted molar refractivity (Wildman–Crippen MR) is 89.0 cm³/mol. The molecule has 0 saturated heterocycles. The van der Waals surface area contributed by atoms with Crippen LogP contribution in [0.3, 0.4) is 0 Å². The molecule has 0 atom stereocenters. The van der Waals surface area contributed by atoms with Gasteiger partial charge in [-0.1, -0.05) is 0 Å².